The monoisotopic (exact) mass is 667 g/mol. The average Bonchev–Trinajstić information content (AvgIpc) is 3.76. The fraction of sp³-hybridized carbons (Fsp3) is 0.0213. The van der Waals surface area contributed by atoms with Crippen LogP contribution in [0.15, 0.2) is 183 Å². The number of furan rings is 2. The lowest BCUT2D eigenvalue weighted by molar-refractivity contribution is 0.655. The van der Waals surface area contributed by atoms with Gasteiger partial charge in [0.1, 0.15) is 34.3 Å². The molecule has 5 nitrogen and oxygen atoms in total. The predicted molar refractivity (Wildman–Crippen MR) is 213 cm³/mol. The standard InChI is InChI=1S/C47H29N3O2/c1-2-12-29(13-3-1)45-48-46(32-21-22-37-36-18-8-9-20-40(36)51-41(37)26-32)50-47(49-45)39-24-33(35-19-10-16-28-11-6-7-17-34(28)35)27-43-44(39)38-23-30-14-4-5-15-31(30)25-42(38)52-43/h1-27,46H,(H,48,49,50). The molecule has 1 aliphatic heterocycles. The summed E-state index contributed by atoms with van der Waals surface area (Å²) in [4.78, 5) is 10.5. The maximum Gasteiger partial charge on any atom is 0.159 e. The second-order valence-corrected chi connectivity index (χ2v) is 13.4. The Kier molecular flexibility index (Phi) is 6.25. The van der Waals surface area contributed by atoms with Gasteiger partial charge in [0.25, 0.3) is 0 Å². The molecule has 3 heterocycles. The molecule has 10 aromatic rings. The molecule has 0 saturated heterocycles. The van der Waals surface area contributed by atoms with Crippen LogP contribution >= 0.6 is 0 Å². The lowest BCUT2D eigenvalue weighted by Gasteiger charge is -2.24. The molecule has 1 N–H and O–H groups in total. The number of hydrogen-bond acceptors (Lipinski definition) is 5. The van der Waals surface area contributed by atoms with Gasteiger partial charge >= 0.3 is 0 Å². The first kappa shape index (κ1) is 28.8. The highest BCUT2D eigenvalue weighted by Gasteiger charge is 2.26. The number of nitrogens with zero attached hydrogens (tertiary/aromatic N) is 2. The second-order valence-electron chi connectivity index (χ2n) is 13.4. The van der Waals surface area contributed by atoms with Gasteiger partial charge in [0.05, 0.1) is 0 Å². The molecule has 5 heteroatoms. The van der Waals surface area contributed by atoms with Gasteiger partial charge in [0, 0.05) is 38.2 Å². The van der Waals surface area contributed by atoms with Crippen LogP contribution in [0.2, 0.25) is 0 Å². The molecule has 0 radical (unpaired) electrons. The highest BCUT2D eigenvalue weighted by atomic mass is 16.3. The first-order valence-electron chi connectivity index (χ1n) is 17.5. The van der Waals surface area contributed by atoms with Crippen molar-refractivity contribution in [2.45, 2.75) is 6.17 Å². The lowest BCUT2D eigenvalue weighted by Crippen LogP contribution is -2.33. The zero-order valence-corrected chi connectivity index (χ0v) is 27.9. The minimum atomic E-state index is -0.421. The number of aliphatic imine (C=N–C) groups is 2. The van der Waals surface area contributed by atoms with Gasteiger partial charge in [0.15, 0.2) is 5.84 Å². The Morgan fingerprint density at radius 1 is 0.442 bits per heavy atom. The first-order valence-corrected chi connectivity index (χ1v) is 17.5. The summed E-state index contributed by atoms with van der Waals surface area (Å²) in [5.74, 6) is 1.39. The van der Waals surface area contributed by atoms with E-state index in [9.17, 15) is 0 Å². The van der Waals surface area contributed by atoms with E-state index in [1.165, 1.54) is 10.8 Å². The van der Waals surface area contributed by atoms with Gasteiger partial charge in [0.2, 0.25) is 0 Å². The minimum Gasteiger partial charge on any atom is -0.456 e. The van der Waals surface area contributed by atoms with Crippen LogP contribution < -0.4 is 5.32 Å². The van der Waals surface area contributed by atoms with Crippen molar-refractivity contribution < 1.29 is 8.83 Å². The molecule has 8 aromatic carbocycles. The third kappa shape index (κ3) is 4.56. The summed E-state index contributed by atoms with van der Waals surface area (Å²) in [6.07, 6.45) is -0.421. The highest BCUT2D eigenvalue weighted by molar-refractivity contribution is 6.24. The van der Waals surface area contributed by atoms with Crippen molar-refractivity contribution in [2.24, 2.45) is 9.98 Å². The fourth-order valence-electron chi connectivity index (χ4n) is 7.80. The molecule has 0 spiro atoms. The maximum absolute atomic E-state index is 6.74. The zero-order valence-electron chi connectivity index (χ0n) is 27.9. The van der Waals surface area contributed by atoms with E-state index in [1.54, 1.807) is 0 Å². The van der Waals surface area contributed by atoms with Crippen LogP contribution in [0.4, 0.5) is 0 Å². The van der Waals surface area contributed by atoms with Crippen molar-refractivity contribution in [3.63, 3.8) is 0 Å². The minimum absolute atomic E-state index is 0.421. The quantitative estimate of drug-likeness (QED) is 0.203. The van der Waals surface area contributed by atoms with Crippen molar-refractivity contribution in [1.29, 1.82) is 0 Å². The van der Waals surface area contributed by atoms with Gasteiger partial charge in [-0.15, -0.1) is 0 Å². The summed E-state index contributed by atoms with van der Waals surface area (Å²) in [6, 6.07) is 56.9. The van der Waals surface area contributed by atoms with Gasteiger partial charge in [-0.3, -0.25) is 0 Å². The summed E-state index contributed by atoms with van der Waals surface area (Å²) in [5.41, 5.74) is 8.40. The number of rotatable bonds is 4. The van der Waals surface area contributed by atoms with Crippen LogP contribution in [0.3, 0.4) is 0 Å². The van der Waals surface area contributed by atoms with E-state index < -0.39 is 6.17 Å². The van der Waals surface area contributed by atoms with E-state index in [0.717, 1.165) is 88.3 Å². The molecule has 0 bridgehead atoms. The second kappa shape index (κ2) is 11.3. The molecule has 0 amide bonds. The maximum atomic E-state index is 6.74. The summed E-state index contributed by atoms with van der Waals surface area (Å²) < 4.78 is 13.1. The molecule has 2 aromatic heterocycles. The number of para-hydroxylation sites is 1. The number of hydrogen-bond donors (Lipinski definition) is 1. The van der Waals surface area contributed by atoms with Gasteiger partial charge in [-0.05, 0) is 69.1 Å². The largest absolute Gasteiger partial charge is 0.456 e. The molecule has 1 unspecified atom stereocenters. The Balaban J connectivity index is 1.16. The molecular formula is C47H29N3O2. The number of benzene rings is 8. The Bertz CT molecular complexity index is 3110. The van der Waals surface area contributed by atoms with Gasteiger partial charge in [-0.2, -0.15) is 0 Å². The molecule has 11 rings (SSSR count). The van der Waals surface area contributed by atoms with Crippen LogP contribution in [-0.4, -0.2) is 11.7 Å². The first-order chi connectivity index (χ1) is 25.7. The van der Waals surface area contributed by atoms with Crippen molar-refractivity contribution in [2.75, 3.05) is 0 Å². The summed E-state index contributed by atoms with van der Waals surface area (Å²) >= 11 is 0. The summed E-state index contributed by atoms with van der Waals surface area (Å²) in [5, 5.41) is 12.7. The molecule has 0 fully saturated rings. The molecule has 0 aliphatic carbocycles. The smallest absolute Gasteiger partial charge is 0.159 e. The SMILES string of the molecule is c1ccc(C2=NC(c3ccc4c(c3)oc3ccccc34)NC(c3cc(-c4cccc5ccccc45)cc4oc5cc6ccccc6cc5c34)=N2)cc1. The van der Waals surface area contributed by atoms with Gasteiger partial charge in [-0.25, -0.2) is 9.98 Å². The Labute approximate surface area is 298 Å². The molecule has 52 heavy (non-hydrogen) atoms. The summed E-state index contributed by atoms with van der Waals surface area (Å²) in [7, 11) is 0. The topological polar surface area (TPSA) is 63.0 Å². The molecule has 1 aliphatic rings. The van der Waals surface area contributed by atoms with E-state index in [1.807, 2.05) is 36.4 Å². The van der Waals surface area contributed by atoms with E-state index >= 15 is 0 Å². The van der Waals surface area contributed by atoms with Crippen LogP contribution in [0, 0.1) is 0 Å². The highest BCUT2D eigenvalue weighted by Crippen LogP contribution is 2.40. The van der Waals surface area contributed by atoms with Crippen molar-refractivity contribution in [1.82, 2.24) is 5.32 Å². The third-order valence-corrected chi connectivity index (χ3v) is 10.3. The van der Waals surface area contributed by atoms with E-state index in [2.05, 4.69) is 133 Å². The van der Waals surface area contributed by atoms with Crippen molar-refractivity contribution >= 4 is 77.1 Å². The molecular weight excluding hydrogens is 639 g/mol. The zero-order chi connectivity index (χ0) is 34.2. The third-order valence-electron chi connectivity index (χ3n) is 10.3. The molecule has 244 valence electrons. The van der Waals surface area contributed by atoms with Crippen LogP contribution in [0.1, 0.15) is 22.9 Å². The Morgan fingerprint density at radius 2 is 1.13 bits per heavy atom. The molecule has 0 saturated carbocycles. The predicted octanol–water partition coefficient (Wildman–Crippen LogP) is 12.0. The number of nitrogens with one attached hydrogen (secondary N) is 1. The van der Waals surface area contributed by atoms with E-state index in [-0.39, 0.29) is 0 Å². The van der Waals surface area contributed by atoms with Gasteiger partial charge in [-0.1, -0.05) is 127 Å². The van der Waals surface area contributed by atoms with Crippen molar-refractivity contribution in [3.05, 3.63) is 180 Å². The van der Waals surface area contributed by atoms with E-state index in [0.29, 0.717) is 5.84 Å². The Hall–Kier alpha value is -6.98. The average molecular weight is 668 g/mol. The van der Waals surface area contributed by atoms with Crippen LogP contribution in [0.25, 0.3) is 76.5 Å². The van der Waals surface area contributed by atoms with Crippen LogP contribution in [0.5, 0.6) is 0 Å². The summed E-state index contributed by atoms with van der Waals surface area (Å²) in [6.45, 7) is 0. The fourth-order valence-corrected chi connectivity index (χ4v) is 7.80. The normalized spacial score (nSPS) is 14.7. The number of amidine groups is 2. The van der Waals surface area contributed by atoms with Gasteiger partial charge < -0.3 is 14.2 Å². The van der Waals surface area contributed by atoms with Crippen molar-refractivity contribution in [3.8, 4) is 11.1 Å². The Morgan fingerprint density at radius 3 is 2.02 bits per heavy atom. The van der Waals surface area contributed by atoms with E-state index in [4.69, 9.17) is 18.8 Å². The van der Waals surface area contributed by atoms with Crippen LogP contribution in [-0.2, 0) is 0 Å². The molecule has 1 atom stereocenters. The lowest BCUT2D eigenvalue weighted by atomic mass is 9.94. The number of fused-ring (bicyclic) bond motifs is 8.